The first-order valence-electron chi connectivity index (χ1n) is 4.49. The Balaban J connectivity index is 0.000000671. The zero-order valence-corrected chi connectivity index (χ0v) is 8.89. The molecular weight excluding hydrogens is 160 g/mol. The molecule has 2 N–H and O–H groups in total. The van der Waals surface area contributed by atoms with E-state index < -0.39 is 0 Å². The minimum atomic E-state index is 0.558. The summed E-state index contributed by atoms with van der Waals surface area (Å²) in [4.78, 5) is 4.02. The standard InChI is InChI=1S/C9H12N2.C2H6/c1-6(2)8-4-7(3)5-11-9(8)10;1-2/h4-5H,1H2,2-3H3,(H2,10,11);1-2H3. The summed E-state index contributed by atoms with van der Waals surface area (Å²) in [6.07, 6.45) is 1.75. The first-order valence-corrected chi connectivity index (χ1v) is 4.49. The molecule has 1 aromatic heterocycles. The van der Waals surface area contributed by atoms with Crippen molar-refractivity contribution in [2.45, 2.75) is 27.7 Å². The van der Waals surface area contributed by atoms with Crippen molar-refractivity contribution in [3.8, 4) is 0 Å². The van der Waals surface area contributed by atoms with Crippen LogP contribution >= 0.6 is 0 Å². The van der Waals surface area contributed by atoms with E-state index in [0.717, 1.165) is 16.7 Å². The van der Waals surface area contributed by atoms with Crippen LogP contribution in [0.25, 0.3) is 5.57 Å². The highest BCUT2D eigenvalue weighted by molar-refractivity contribution is 5.70. The Hall–Kier alpha value is -1.31. The lowest BCUT2D eigenvalue weighted by atomic mass is 10.1. The van der Waals surface area contributed by atoms with Gasteiger partial charge in [0.15, 0.2) is 0 Å². The van der Waals surface area contributed by atoms with Crippen LogP contribution in [-0.4, -0.2) is 4.98 Å². The summed E-state index contributed by atoms with van der Waals surface area (Å²) in [7, 11) is 0. The third-order valence-electron chi connectivity index (χ3n) is 1.52. The number of hydrogen-bond acceptors (Lipinski definition) is 2. The van der Waals surface area contributed by atoms with Gasteiger partial charge in [0.2, 0.25) is 0 Å². The number of rotatable bonds is 1. The van der Waals surface area contributed by atoms with Crippen LogP contribution in [0.3, 0.4) is 0 Å². The molecule has 0 fully saturated rings. The molecule has 0 radical (unpaired) electrons. The van der Waals surface area contributed by atoms with Gasteiger partial charge in [0.05, 0.1) is 0 Å². The van der Waals surface area contributed by atoms with Gasteiger partial charge in [-0.1, -0.05) is 20.4 Å². The summed E-state index contributed by atoms with van der Waals surface area (Å²) in [6, 6.07) is 1.99. The second-order valence-electron chi connectivity index (χ2n) is 2.73. The molecule has 1 aromatic rings. The SMILES string of the molecule is C=C(C)c1cc(C)cnc1N.CC. The van der Waals surface area contributed by atoms with E-state index in [2.05, 4.69) is 11.6 Å². The van der Waals surface area contributed by atoms with E-state index in [0.29, 0.717) is 5.82 Å². The maximum Gasteiger partial charge on any atom is 0.130 e. The van der Waals surface area contributed by atoms with Crippen LogP contribution in [0.4, 0.5) is 5.82 Å². The maximum atomic E-state index is 5.62. The summed E-state index contributed by atoms with van der Waals surface area (Å²) in [6.45, 7) is 11.7. The highest BCUT2D eigenvalue weighted by atomic mass is 14.8. The van der Waals surface area contributed by atoms with E-state index in [-0.39, 0.29) is 0 Å². The fourth-order valence-electron chi connectivity index (χ4n) is 0.922. The van der Waals surface area contributed by atoms with Gasteiger partial charge in [-0.2, -0.15) is 0 Å². The predicted molar refractivity (Wildman–Crippen MR) is 59.4 cm³/mol. The van der Waals surface area contributed by atoms with Crippen molar-refractivity contribution in [3.63, 3.8) is 0 Å². The molecule has 0 amide bonds. The van der Waals surface area contributed by atoms with Crippen molar-refractivity contribution in [1.82, 2.24) is 4.98 Å². The van der Waals surface area contributed by atoms with E-state index >= 15 is 0 Å². The molecule has 0 aliphatic carbocycles. The predicted octanol–water partition coefficient (Wildman–Crippen LogP) is 3.03. The Kier molecular flexibility index (Phi) is 4.82. The lowest BCUT2D eigenvalue weighted by molar-refractivity contribution is 1.26. The van der Waals surface area contributed by atoms with Gasteiger partial charge in [-0.3, -0.25) is 0 Å². The van der Waals surface area contributed by atoms with E-state index in [1.165, 1.54) is 0 Å². The van der Waals surface area contributed by atoms with Crippen molar-refractivity contribution < 1.29 is 0 Å². The minimum absolute atomic E-state index is 0.558. The topological polar surface area (TPSA) is 38.9 Å². The van der Waals surface area contributed by atoms with E-state index in [1.54, 1.807) is 6.20 Å². The van der Waals surface area contributed by atoms with Crippen LogP contribution < -0.4 is 5.73 Å². The van der Waals surface area contributed by atoms with Gasteiger partial charge in [0.25, 0.3) is 0 Å². The molecular formula is C11H18N2. The van der Waals surface area contributed by atoms with Gasteiger partial charge < -0.3 is 5.73 Å². The van der Waals surface area contributed by atoms with Crippen molar-refractivity contribution in [1.29, 1.82) is 0 Å². The van der Waals surface area contributed by atoms with Gasteiger partial charge in [-0.05, 0) is 31.1 Å². The second-order valence-corrected chi connectivity index (χ2v) is 2.73. The molecule has 0 aliphatic rings. The highest BCUT2D eigenvalue weighted by Crippen LogP contribution is 2.17. The van der Waals surface area contributed by atoms with Gasteiger partial charge in [0.1, 0.15) is 5.82 Å². The molecule has 1 heterocycles. The minimum Gasteiger partial charge on any atom is -0.383 e. The number of hydrogen-bond donors (Lipinski definition) is 1. The van der Waals surface area contributed by atoms with Crippen LogP contribution in [0.5, 0.6) is 0 Å². The Morgan fingerprint density at radius 3 is 2.38 bits per heavy atom. The molecule has 2 nitrogen and oxygen atoms in total. The zero-order chi connectivity index (χ0) is 10.4. The number of pyridine rings is 1. The Morgan fingerprint density at radius 1 is 1.46 bits per heavy atom. The van der Waals surface area contributed by atoms with Crippen molar-refractivity contribution in [3.05, 3.63) is 30.0 Å². The van der Waals surface area contributed by atoms with Crippen molar-refractivity contribution in [2.24, 2.45) is 0 Å². The van der Waals surface area contributed by atoms with Gasteiger partial charge in [-0.15, -0.1) is 0 Å². The molecule has 72 valence electrons. The Morgan fingerprint density at radius 2 is 2.00 bits per heavy atom. The number of nitrogen functional groups attached to an aromatic ring is 1. The number of nitrogens with two attached hydrogens (primary N) is 1. The lowest BCUT2D eigenvalue weighted by Gasteiger charge is -2.03. The van der Waals surface area contributed by atoms with Gasteiger partial charge in [-0.25, -0.2) is 4.98 Å². The van der Waals surface area contributed by atoms with Crippen LogP contribution in [0, 0.1) is 6.92 Å². The van der Waals surface area contributed by atoms with Crippen LogP contribution in [0.15, 0.2) is 18.8 Å². The molecule has 0 aromatic carbocycles. The number of nitrogens with zero attached hydrogens (tertiary/aromatic N) is 1. The average molecular weight is 178 g/mol. The summed E-state index contributed by atoms with van der Waals surface area (Å²) in [5.74, 6) is 0.558. The molecule has 13 heavy (non-hydrogen) atoms. The number of allylic oxidation sites excluding steroid dienone is 1. The Labute approximate surface area is 80.5 Å². The molecule has 2 heteroatoms. The molecule has 1 rings (SSSR count). The number of aromatic nitrogens is 1. The maximum absolute atomic E-state index is 5.62. The lowest BCUT2D eigenvalue weighted by Crippen LogP contribution is -1.95. The monoisotopic (exact) mass is 178 g/mol. The summed E-state index contributed by atoms with van der Waals surface area (Å²) < 4.78 is 0. The first kappa shape index (κ1) is 11.7. The van der Waals surface area contributed by atoms with E-state index in [4.69, 9.17) is 5.73 Å². The van der Waals surface area contributed by atoms with Crippen molar-refractivity contribution in [2.75, 3.05) is 5.73 Å². The quantitative estimate of drug-likeness (QED) is 0.718. The third-order valence-corrected chi connectivity index (χ3v) is 1.52. The summed E-state index contributed by atoms with van der Waals surface area (Å²) in [5, 5.41) is 0. The van der Waals surface area contributed by atoms with E-state index in [1.807, 2.05) is 33.8 Å². The van der Waals surface area contributed by atoms with Gasteiger partial charge in [0, 0.05) is 11.8 Å². The largest absolute Gasteiger partial charge is 0.383 e. The fourth-order valence-corrected chi connectivity index (χ4v) is 0.922. The highest BCUT2D eigenvalue weighted by Gasteiger charge is 1.99. The Bertz CT molecular complexity index is 290. The van der Waals surface area contributed by atoms with Crippen LogP contribution in [0.2, 0.25) is 0 Å². The van der Waals surface area contributed by atoms with Crippen LogP contribution in [-0.2, 0) is 0 Å². The molecule has 0 aliphatic heterocycles. The summed E-state index contributed by atoms with van der Waals surface area (Å²) in [5.41, 5.74) is 8.63. The number of aryl methyl sites for hydroxylation is 1. The van der Waals surface area contributed by atoms with Crippen molar-refractivity contribution >= 4 is 11.4 Å². The fraction of sp³-hybridized carbons (Fsp3) is 0.364. The average Bonchev–Trinajstić information content (AvgIpc) is 2.12. The smallest absolute Gasteiger partial charge is 0.130 e. The normalized spacial score (nSPS) is 8.62. The molecule has 0 bridgehead atoms. The van der Waals surface area contributed by atoms with Crippen LogP contribution in [0.1, 0.15) is 31.9 Å². The molecule has 0 saturated carbocycles. The van der Waals surface area contributed by atoms with Gasteiger partial charge >= 0.3 is 0 Å². The molecule has 0 unspecified atom stereocenters. The zero-order valence-electron chi connectivity index (χ0n) is 8.89. The molecule has 0 spiro atoms. The third kappa shape index (κ3) is 3.28. The summed E-state index contributed by atoms with van der Waals surface area (Å²) >= 11 is 0. The molecule has 0 atom stereocenters. The van der Waals surface area contributed by atoms with E-state index in [9.17, 15) is 0 Å². The second kappa shape index (κ2) is 5.36. The molecule has 0 saturated heterocycles. The number of anilines is 1. The first-order chi connectivity index (χ1) is 6.11.